The summed E-state index contributed by atoms with van der Waals surface area (Å²) in [6, 6.07) is 1.87. The molecule has 2 aliphatic heterocycles. The second-order valence-corrected chi connectivity index (χ2v) is 6.41. The molecule has 2 fully saturated rings. The maximum atomic E-state index is 11.6. The molecule has 138 valence electrons. The first-order valence-corrected chi connectivity index (χ1v) is 9.20. The van der Waals surface area contributed by atoms with Crippen molar-refractivity contribution in [2.45, 2.75) is 19.3 Å². The largest absolute Gasteiger partial charge is 0.379 e. The molecule has 8 heteroatoms. The standard InChI is InChI=1S/C17H28N6O2/c24-16-3-1-8-23(16)9-2-5-18-15-4-6-19-17(21-15)20-7-10-22-11-13-25-14-12-22/h4,6H,1-3,5,7-14H2,(H2,18,19,20,21). The van der Waals surface area contributed by atoms with Crippen LogP contribution in [0.3, 0.4) is 0 Å². The van der Waals surface area contributed by atoms with Gasteiger partial charge in [0.05, 0.1) is 13.2 Å². The Morgan fingerprint density at radius 2 is 2.00 bits per heavy atom. The molecule has 25 heavy (non-hydrogen) atoms. The predicted octanol–water partition coefficient (Wildman–Crippen LogP) is 0.645. The van der Waals surface area contributed by atoms with Gasteiger partial charge in [0.25, 0.3) is 0 Å². The Labute approximate surface area is 148 Å². The molecule has 0 radical (unpaired) electrons. The van der Waals surface area contributed by atoms with Gasteiger partial charge < -0.3 is 20.3 Å². The van der Waals surface area contributed by atoms with E-state index in [1.807, 2.05) is 11.0 Å². The van der Waals surface area contributed by atoms with E-state index in [0.29, 0.717) is 12.4 Å². The number of hydrogen-bond donors (Lipinski definition) is 2. The highest BCUT2D eigenvalue weighted by Crippen LogP contribution is 2.10. The fourth-order valence-corrected chi connectivity index (χ4v) is 3.12. The molecule has 2 saturated heterocycles. The van der Waals surface area contributed by atoms with Crippen molar-refractivity contribution < 1.29 is 9.53 Å². The van der Waals surface area contributed by atoms with Crippen LogP contribution in [0.25, 0.3) is 0 Å². The van der Waals surface area contributed by atoms with Crippen LogP contribution in [-0.4, -0.2) is 84.7 Å². The predicted molar refractivity (Wildman–Crippen MR) is 96.7 cm³/mol. The van der Waals surface area contributed by atoms with Gasteiger partial charge in [-0.2, -0.15) is 4.98 Å². The third-order valence-electron chi connectivity index (χ3n) is 4.55. The number of hydrogen-bond acceptors (Lipinski definition) is 7. The molecule has 0 saturated carbocycles. The highest BCUT2D eigenvalue weighted by Gasteiger charge is 2.18. The fraction of sp³-hybridized carbons (Fsp3) is 0.706. The lowest BCUT2D eigenvalue weighted by atomic mass is 10.4. The molecular formula is C17H28N6O2. The van der Waals surface area contributed by atoms with Crippen LogP contribution in [0.5, 0.6) is 0 Å². The first-order chi connectivity index (χ1) is 12.3. The summed E-state index contributed by atoms with van der Waals surface area (Å²) in [5.41, 5.74) is 0. The van der Waals surface area contributed by atoms with E-state index in [4.69, 9.17) is 4.74 Å². The van der Waals surface area contributed by atoms with E-state index < -0.39 is 0 Å². The van der Waals surface area contributed by atoms with Crippen LogP contribution in [0, 0.1) is 0 Å². The zero-order chi connectivity index (χ0) is 17.3. The van der Waals surface area contributed by atoms with Crippen molar-refractivity contribution >= 4 is 17.7 Å². The SMILES string of the molecule is O=C1CCCN1CCCNc1ccnc(NCCN2CCOCC2)n1. The van der Waals surface area contributed by atoms with E-state index in [-0.39, 0.29) is 5.91 Å². The number of ether oxygens (including phenoxy) is 1. The highest BCUT2D eigenvalue weighted by molar-refractivity contribution is 5.77. The Morgan fingerprint density at radius 1 is 1.12 bits per heavy atom. The van der Waals surface area contributed by atoms with Crippen LogP contribution >= 0.6 is 0 Å². The second kappa shape index (κ2) is 9.53. The minimum absolute atomic E-state index is 0.286. The maximum Gasteiger partial charge on any atom is 0.224 e. The topological polar surface area (TPSA) is 82.6 Å². The van der Waals surface area contributed by atoms with Gasteiger partial charge in [-0.1, -0.05) is 0 Å². The van der Waals surface area contributed by atoms with Crippen molar-refractivity contribution in [2.24, 2.45) is 0 Å². The van der Waals surface area contributed by atoms with Gasteiger partial charge in [0, 0.05) is 58.4 Å². The fourth-order valence-electron chi connectivity index (χ4n) is 3.12. The summed E-state index contributed by atoms with van der Waals surface area (Å²) < 4.78 is 5.35. The molecule has 0 atom stereocenters. The molecular weight excluding hydrogens is 320 g/mol. The zero-order valence-electron chi connectivity index (χ0n) is 14.7. The monoisotopic (exact) mass is 348 g/mol. The van der Waals surface area contributed by atoms with Gasteiger partial charge >= 0.3 is 0 Å². The number of morpholine rings is 1. The summed E-state index contributed by atoms with van der Waals surface area (Å²) in [5, 5.41) is 6.58. The molecule has 0 unspecified atom stereocenters. The van der Waals surface area contributed by atoms with Gasteiger partial charge in [0.1, 0.15) is 5.82 Å². The Balaban J connectivity index is 1.33. The van der Waals surface area contributed by atoms with E-state index in [0.717, 1.165) is 77.7 Å². The minimum Gasteiger partial charge on any atom is -0.379 e. The zero-order valence-corrected chi connectivity index (χ0v) is 14.7. The van der Waals surface area contributed by atoms with E-state index in [9.17, 15) is 4.79 Å². The van der Waals surface area contributed by atoms with Crippen molar-refractivity contribution in [2.75, 3.05) is 69.7 Å². The number of carbonyl (C=O) groups excluding carboxylic acids is 1. The Hall–Kier alpha value is -1.93. The lowest BCUT2D eigenvalue weighted by Crippen LogP contribution is -2.39. The molecule has 1 aromatic rings. The van der Waals surface area contributed by atoms with Crippen molar-refractivity contribution in [3.05, 3.63) is 12.3 Å². The quantitative estimate of drug-likeness (QED) is 0.634. The normalized spacial score (nSPS) is 18.6. The summed E-state index contributed by atoms with van der Waals surface area (Å²) in [4.78, 5) is 24.6. The molecule has 0 bridgehead atoms. The van der Waals surface area contributed by atoms with Crippen molar-refractivity contribution in [1.29, 1.82) is 0 Å². The summed E-state index contributed by atoms with van der Waals surface area (Å²) in [7, 11) is 0. The first-order valence-electron chi connectivity index (χ1n) is 9.20. The summed E-state index contributed by atoms with van der Waals surface area (Å²) in [6.45, 7) is 7.93. The number of amides is 1. The number of likely N-dealkylation sites (tertiary alicyclic amines) is 1. The smallest absolute Gasteiger partial charge is 0.224 e. The summed E-state index contributed by atoms with van der Waals surface area (Å²) in [5.74, 6) is 1.75. The Kier molecular flexibility index (Phi) is 6.81. The van der Waals surface area contributed by atoms with E-state index in [2.05, 4.69) is 25.5 Å². The summed E-state index contributed by atoms with van der Waals surface area (Å²) >= 11 is 0. The minimum atomic E-state index is 0.286. The van der Waals surface area contributed by atoms with Crippen LogP contribution in [0.4, 0.5) is 11.8 Å². The van der Waals surface area contributed by atoms with Gasteiger partial charge in [-0.15, -0.1) is 0 Å². The van der Waals surface area contributed by atoms with E-state index in [1.165, 1.54) is 0 Å². The molecule has 3 heterocycles. The van der Waals surface area contributed by atoms with Crippen LogP contribution in [-0.2, 0) is 9.53 Å². The van der Waals surface area contributed by atoms with Gasteiger partial charge in [0.2, 0.25) is 11.9 Å². The number of nitrogens with zero attached hydrogens (tertiary/aromatic N) is 4. The van der Waals surface area contributed by atoms with Crippen LogP contribution in [0.1, 0.15) is 19.3 Å². The van der Waals surface area contributed by atoms with Gasteiger partial charge in [-0.25, -0.2) is 4.98 Å². The van der Waals surface area contributed by atoms with Crippen LogP contribution in [0.15, 0.2) is 12.3 Å². The number of nitrogens with one attached hydrogen (secondary N) is 2. The number of carbonyl (C=O) groups is 1. The molecule has 2 N–H and O–H groups in total. The molecule has 0 aromatic carbocycles. The third kappa shape index (κ3) is 5.82. The average Bonchev–Trinajstić information content (AvgIpc) is 3.05. The molecule has 1 aromatic heterocycles. The number of anilines is 2. The van der Waals surface area contributed by atoms with E-state index >= 15 is 0 Å². The first kappa shape index (κ1) is 17.9. The summed E-state index contributed by atoms with van der Waals surface area (Å²) in [6.07, 6.45) is 4.39. The van der Waals surface area contributed by atoms with E-state index in [1.54, 1.807) is 6.20 Å². The van der Waals surface area contributed by atoms with Gasteiger partial charge in [0.15, 0.2) is 0 Å². The number of aromatic nitrogens is 2. The molecule has 1 amide bonds. The lowest BCUT2D eigenvalue weighted by molar-refractivity contribution is -0.127. The molecule has 0 spiro atoms. The van der Waals surface area contributed by atoms with Crippen molar-refractivity contribution in [3.8, 4) is 0 Å². The average molecular weight is 348 g/mol. The number of rotatable bonds is 9. The lowest BCUT2D eigenvalue weighted by Gasteiger charge is -2.26. The van der Waals surface area contributed by atoms with Gasteiger partial charge in [-0.3, -0.25) is 9.69 Å². The highest BCUT2D eigenvalue weighted by atomic mass is 16.5. The third-order valence-corrected chi connectivity index (χ3v) is 4.55. The second-order valence-electron chi connectivity index (χ2n) is 6.41. The Morgan fingerprint density at radius 3 is 2.80 bits per heavy atom. The molecule has 2 aliphatic rings. The molecule has 8 nitrogen and oxygen atoms in total. The van der Waals surface area contributed by atoms with Gasteiger partial charge in [-0.05, 0) is 18.9 Å². The molecule has 0 aliphatic carbocycles. The van der Waals surface area contributed by atoms with Crippen molar-refractivity contribution in [1.82, 2.24) is 19.8 Å². The van der Waals surface area contributed by atoms with Crippen LogP contribution in [0.2, 0.25) is 0 Å². The Bertz CT molecular complexity index is 550. The maximum absolute atomic E-state index is 11.6. The molecule has 3 rings (SSSR count). The van der Waals surface area contributed by atoms with Crippen LogP contribution < -0.4 is 10.6 Å². The van der Waals surface area contributed by atoms with Crippen molar-refractivity contribution in [3.63, 3.8) is 0 Å².